The molecule has 0 bridgehead atoms. The fourth-order valence-corrected chi connectivity index (χ4v) is 1.92. The SMILES string of the molecule is O[NH2+]c1ccc(NC(=S)NCc2cc(Cl)ccn2)cc1. The van der Waals surface area contributed by atoms with Crippen LogP contribution in [0.2, 0.25) is 5.02 Å². The molecule has 0 unspecified atom stereocenters. The average Bonchev–Trinajstić information content (AvgIpc) is 2.46. The van der Waals surface area contributed by atoms with E-state index in [1.807, 2.05) is 12.1 Å². The average molecular weight is 310 g/mol. The molecule has 7 heteroatoms. The molecular weight excluding hydrogens is 296 g/mol. The van der Waals surface area contributed by atoms with Crippen molar-refractivity contribution in [2.45, 2.75) is 6.54 Å². The van der Waals surface area contributed by atoms with E-state index in [1.54, 1.807) is 30.5 Å². The molecule has 104 valence electrons. The van der Waals surface area contributed by atoms with Crippen molar-refractivity contribution in [1.82, 2.24) is 10.3 Å². The molecule has 0 aliphatic carbocycles. The molecule has 1 heterocycles. The summed E-state index contributed by atoms with van der Waals surface area (Å²) < 4.78 is 0. The van der Waals surface area contributed by atoms with E-state index in [0.717, 1.165) is 22.5 Å². The zero-order chi connectivity index (χ0) is 14.4. The number of benzene rings is 1. The Balaban J connectivity index is 1.85. The number of rotatable bonds is 4. The number of aromatic nitrogens is 1. The molecule has 0 saturated carbocycles. The van der Waals surface area contributed by atoms with Crippen molar-refractivity contribution in [1.29, 1.82) is 0 Å². The summed E-state index contributed by atoms with van der Waals surface area (Å²) in [4.78, 5) is 4.17. The van der Waals surface area contributed by atoms with E-state index in [1.165, 1.54) is 0 Å². The molecule has 0 aliphatic rings. The van der Waals surface area contributed by atoms with Gasteiger partial charge in [0.05, 0.1) is 12.2 Å². The zero-order valence-electron chi connectivity index (χ0n) is 10.5. The van der Waals surface area contributed by atoms with Crippen LogP contribution in [0.4, 0.5) is 11.4 Å². The molecule has 0 atom stereocenters. The van der Waals surface area contributed by atoms with Crippen molar-refractivity contribution in [2.24, 2.45) is 0 Å². The zero-order valence-corrected chi connectivity index (χ0v) is 12.1. The minimum Gasteiger partial charge on any atom is -0.357 e. The Morgan fingerprint density at radius 2 is 2.05 bits per heavy atom. The third-order valence-corrected chi connectivity index (χ3v) is 3.01. The first-order valence-electron chi connectivity index (χ1n) is 5.90. The van der Waals surface area contributed by atoms with Gasteiger partial charge in [0.2, 0.25) is 0 Å². The lowest BCUT2D eigenvalue weighted by Gasteiger charge is -2.10. The van der Waals surface area contributed by atoms with Gasteiger partial charge in [0.15, 0.2) is 10.8 Å². The highest BCUT2D eigenvalue weighted by Crippen LogP contribution is 2.10. The molecule has 1 aromatic heterocycles. The van der Waals surface area contributed by atoms with Crippen molar-refractivity contribution in [3.05, 3.63) is 53.3 Å². The van der Waals surface area contributed by atoms with Gasteiger partial charge in [0.1, 0.15) is 0 Å². The number of hydrogen-bond acceptors (Lipinski definition) is 3. The third kappa shape index (κ3) is 4.43. The highest BCUT2D eigenvalue weighted by Gasteiger charge is 2.01. The highest BCUT2D eigenvalue weighted by molar-refractivity contribution is 7.80. The standard InChI is InChI=1S/C13H13ClN4OS/c14-9-5-6-15-12(7-9)8-16-13(20)17-10-1-3-11(18-19)4-2-10/h1-7,18-19H,8H2,(H2,16,17,20)/p+1. The van der Waals surface area contributed by atoms with Gasteiger partial charge in [0.25, 0.3) is 0 Å². The summed E-state index contributed by atoms with van der Waals surface area (Å²) in [5, 5.41) is 16.1. The topological polar surface area (TPSA) is 73.8 Å². The number of halogens is 1. The Kier molecular flexibility index (Phi) is 5.25. The number of thiocarbonyl (C=S) groups is 1. The Labute approximate surface area is 126 Å². The van der Waals surface area contributed by atoms with Crippen LogP contribution in [0.1, 0.15) is 5.69 Å². The van der Waals surface area contributed by atoms with E-state index < -0.39 is 0 Å². The Morgan fingerprint density at radius 3 is 2.70 bits per heavy atom. The predicted molar refractivity (Wildman–Crippen MR) is 82.1 cm³/mol. The number of pyridine rings is 1. The molecule has 20 heavy (non-hydrogen) atoms. The molecule has 0 radical (unpaired) electrons. The predicted octanol–water partition coefficient (Wildman–Crippen LogP) is 1.81. The van der Waals surface area contributed by atoms with Crippen LogP contribution in [-0.2, 0) is 6.54 Å². The van der Waals surface area contributed by atoms with Crippen LogP contribution < -0.4 is 16.1 Å². The van der Waals surface area contributed by atoms with Gasteiger partial charge in [0, 0.05) is 29.0 Å². The van der Waals surface area contributed by atoms with Gasteiger partial charge in [-0.15, -0.1) is 0 Å². The van der Waals surface area contributed by atoms with Crippen LogP contribution in [-0.4, -0.2) is 15.3 Å². The van der Waals surface area contributed by atoms with Gasteiger partial charge in [-0.1, -0.05) is 11.6 Å². The molecule has 0 fully saturated rings. The van der Waals surface area contributed by atoms with Crippen LogP contribution in [0.15, 0.2) is 42.6 Å². The second kappa shape index (κ2) is 7.16. The van der Waals surface area contributed by atoms with Crippen LogP contribution in [0.5, 0.6) is 0 Å². The van der Waals surface area contributed by atoms with Crippen LogP contribution in [0, 0.1) is 0 Å². The summed E-state index contributed by atoms with van der Waals surface area (Å²) in [5.41, 5.74) is 3.43. The largest absolute Gasteiger partial charge is 0.357 e. The maximum atomic E-state index is 8.84. The highest BCUT2D eigenvalue weighted by atomic mass is 35.5. The lowest BCUT2D eigenvalue weighted by atomic mass is 10.3. The van der Waals surface area contributed by atoms with E-state index in [2.05, 4.69) is 15.6 Å². The Morgan fingerprint density at radius 1 is 1.30 bits per heavy atom. The third-order valence-electron chi connectivity index (χ3n) is 2.53. The Hall–Kier alpha value is -1.73. The normalized spacial score (nSPS) is 10.1. The monoisotopic (exact) mass is 309 g/mol. The number of hydrogen-bond donors (Lipinski definition) is 4. The molecule has 0 spiro atoms. The number of anilines is 1. The van der Waals surface area contributed by atoms with Crippen molar-refractivity contribution < 1.29 is 10.7 Å². The molecule has 1 aromatic carbocycles. The minimum absolute atomic E-state index is 0.493. The number of nitrogens with zero attached hydrogens (tertiary/aromatic N) is 1. The fourth-order valence-electron chi connectivity index (χ4n) is 1.54. The van der Waals surface area contributed by atoms with Crippen molar-refractivity contribution in [3.8, 4) is 0 Å². The number of nitrogens with one attached hydrogen (secondary N) is 2. The van der Waals surface area contributed by atoms with E-state index in [9.17, 15) is 0 Å². The smallest absolute Gasteiger partial charge is 0.171 e. The summed E-state index contributed by atoms with van der Waals surface area (Å²) in [6.07, 6.45) is 1.65. The van der Waals surface area contributed by atoms with Gasteiger partial charge in [-0.3, -0.25) is 4.98 Å². The first kappa shape index (κ1) is 14.7. The molecular formula is C13H14ClN4OS+. The molecule has 5 N–H and O–H groups in total. The summed E-state index contributed by atoms with van der Waals surface area (Å²) in [5.74, 6) is 0. The van der Waals surface area contributed by atoms with E-state index >= 15 is 0 Å². The van der Waals surface area contributed by atoms with Gasteiger partial charge in [-0.25, -0.2) is 5.21 Å². The lowest BCUT2D eigenvalue weighted by molar-refractivity contribution is -0.825. The molecule has 0 amide bonds. The van der Waals surface area contributed by atoms with Gasteiger partial charge >= 0.3 is 0 Å². The van der Waals surface area contributed by atoms with Crippen molar-refractivity contribution in [3.63, 3.8) is 0 Å². The molecule has 0 saturated heterocycles. The Bertz CT molecular complexity index is 591. The summed E-state index contributed by atoms with van der Waals surface area (Å²) in [6, 6.07) is 10.7. The lowest BCUT2D eigenvalue weighted by Crippen LogP contribution is -2.73. The van der Waals surface area contributed by atoms with Crippen LogP contribution >= 0.6 is 23.8 Å². The maximum absolute atomic E-state index is 8.84. The molecule has 5 nitrogen and oxygen atoms in total. The second-order valence-electron chi connectivity index (χ2n) is 4.02. The fraction of sp³-hybridized carbons (Fsp3) is 0.0769. The van der Waals surface area contributed by atoms with E-state index in [4.69, 9.17) is 29.0 Å². The van der Waals surface area contributed by atoms with E-state index in [-0.39, 0.29) is 0 Å². The summed E-state index contributed by atoms with van der Waals surface area (Å²) >= 11 is 11.1. The van der Waals surface area contributed by atoms with Crippen LogP contribution in [0.3, 0.4) is 0 Å². The van der Waals surface area contributed by atoms with Gasteiger partial charge in [-0.2, -0.15) is 5.48 Å². The second-order valence-corrected chi connectivity index (χ2v) is 4.87. The molecule has 2 rings (SSSR count). The molecule has 0 aliphatic heterocycles. The summed E-state index contributed by atoms with van der Waals surface area (Å²) in [6.45, 7) is 0.495. The molecule has 2 aromatic rings. The van der Waals surface area contributed by atoms with Gasteiger partial charge < -0.3 is 10.6 Å². The van der Waals surface area contributed by atoms with Crippen LogP contribution in [0.25, 0.3) is 0 Å². The quantitative estimate of drug-likeness (QED) is 0.394. The van der Waals surface area contributed by atoms with Crippen molar-refractivity contribution in [2.75, 3.05) is 5.32 Å². The number of nitrogens with two attached hydrogens (primary N) is 1. The minimum atomic E-state index is 0.493. The van der Waals surface area contributed by atoms with Crippen molar-refractivity contribution >= 4 is 40.3 Å². The van der Waals surface area contributed by atoms with E-state index in [0.29, 0.717) is 16.7 Å². The first-order valence-corrected chi connectivity index (χ1v) is 6.69. The summed E-state index contributed by atoms with van der Waals surface area (Å²) in [7, 11) is 0. The number of quaternary nitrogens is 1. The maximum Gasteiger partial charge on any atom is 0.171 e. The van der Waals surface area contributed by atoms with Gasteiger partial charge in [-0.05, 0) is 36.5 Å². The first-order chi connectivity index (χ1) is 9.67.